The van der Waals surface area contributed by atoms with Crippen molar-refractivity contribution in [1.82, 2.24) is 20.0 Å². The summed E-state index contributed by atoms with van der Waals surface area (Å²) in [4.78, 5) is 41.1. The molecule has 0 radical (unpaired) electrons. The molecule has 1 rings (SSSR count). The van der Waals surface area contributed by atoms with Crippen LogP contribution in [0.2, 0.25) is 0 Å². The first-order valence-corrected chi connectivity index (χ1v) is 7.92. The molecule has 1 atom stereocenters. The lowest BCUT2D eigenvalue weighted by Crippen LogP contribution is -2.50. The zero-order chi connectivity index (χ0) is 16.7. The maximum atomic E-state index is 12.6. The van der Waals surface area contributed by atoms with Gasteiger partial charge in [0.05, 0.1) is 12.5 Å². The summed E-state index contributed by atoms with van der Waals surface area (Å²) in [6.45, 7) is 5.96. The zero-order valence-corrected chi connectivity index (χ0v) is 14.1. The molecule has 1 fully saturated rings. The first kappa shape index (κ1) is 18.3. The molecule has 0 aromatic carbocycles. The Balaban J connectivity index is 2.65. The molecule has 7 heteroatoms. The van der Waals surface area contributed by atoms with Crippen molar-refractivity contribution >= 4 is 17.8 Å². The summed E-state index contributed by atoms with van der Waals surface area (Å²) < 4.78 is 0. The largest absolute Gasteiger partial charge is 0.355 e. The highest BCUT2D eigenvalue weighted by molar-refractivity contribution is 5.86. The Hall–Kier alpha value is -1.79. The van der Waals surface area contributed by atoms with Gasteiger partial charge in [0.1, 0.15) is 0 Å². The van der Waals surface area contributed by atoms with Crippen molar-refractivity contribution in [3.05, 3.63) is 0 Å². The van der Waals surface area contributed by atoms with E-state index in [9.17, 15) is 14.4 Å². The van der Waals surface area contributed by atoms with Gasteiger partial charge in [-0.3, -0.25) is 9.59 Å². The molecule has 1 aliphatic rings. The molecule has 0 unspecified atom stereocenters. The number of rotatable bonds is 5. The van der Waals surface area contributed by atoms with E-state index in [0.717, 1.165) is 12.8 Å². The van der Waals surface area contributed by atoms with Gasteiger partial charge in [0.15, 0.2) is 0 Å². The quantitative estimate of drug-likeness (QED) is 0.797. The maximum absolute atomic E-state index is 12.6. The highest BCUT2D eigenvalue weighted by Crippen LogP contribution is 2.19. The van der Waals surface area contributed by atoms with E-state index in [1.54, 1.807) is 23.9 Å². The van der Waals surface area contributed by atoms with Crippen LogP contribution in [0.15, 0.2) is 0 Å². The van der Waals surface area contributed by atoms with Gasteiger partial charge in [-0.1, -0.05) is 0 Å². The minimum atomic E-state index is -0.216. The normalized spacial score (nSPS) is 17.8. The topological polar surface area (TPSA) is 73.0 Å². The number of nitrogens with one attached hydrogen (secondary N) is 1. The van der Waals surface area contributed by atoms with E-state index in [1.165, 1.54) is 4.90 Å². The van der Waals surface area contributed by atoms with Gasteiger partial charge in [-0.2, -0.15) is 0 Å². The van der Waals surface area contributed by atoms with Crippen LogP contribution in [-0.2, 0) is 9.59 Å². The van der Waals surface area contributed by atoms with E-state index >= 15 is 0 Å². The Kier molecular flexibility index (Phi) is 7.14. The molecule has 126 valence electrons. The third kappa shape index (κ3) is 4.89. The van der Waals surface area contributed by atoms with Crippen molar-refractivity contribution in [1.29, 1.82) is 0 Å². The fourth-order valence-corrected chi connectivity index (χ4v) is 2.67. The standard InChI is InChI=1S/C15H28N4O3/c1-5-16-13(20)11-18(6-2)14(21)12-8-7-9-19(10-12)15(22)17(3)4/h12H,5-11H2,1-4H3,(H,16,20)/t12-/m1/s1. The molecule has 4 amide bonds. The molecular weight excluding hydrogens is 284 g/mol. The lowest BCUT2D eigenvalue weighted by molar-refractivity contribution is -0.140. The van der Waals surface area contributed by atoms with E-state index in [4.69, 9.17) is 0 Å². The van der Waals surface area contributed by atoms with E-state index in [1.807, 2.05) is 13.8 Å². The zero-order valence-electron chi connectivity index (χ0n) is 14.1. The summed E-state index contributed by atoms with van der Waals surface area (Å²) in [5.41, 5.74) is 0. The van der Waals surface area contributed by atoms with E-state index in [2.05, 4.69) is 5.32 Å². The average Bonchev–Trinajstić information content (AvgIpc) is 2.51. The summed E-state index contributed by atoms with van der Waals surface area (Å²) in [5, 5.41) is 2.71. The minimum absolute atomic E-state index is 0.0370. The van der Waals surface area contributed by atoms with Gasteiger partial charge in [0.25, 0.3) is 0 Å². The number of likely N-dealkylation sites (tertiary alicyclic amines) is 1. The molecule has 0 aromatic heterocycles. The molecule has 7 nitrogen and oxygen atoms in total. The van der Waals surface area contributed by atoms with Gasteiger partial charge < -0.3 is 20.0 Å². The van der Waals surface area contributed by atoms with Crippen LogP contribution in [0, 0.1) is 5.92 Å². The Bertz CT molecular complexity index is 412. The van der Waals surface area contributed by atoms with Crippen molar-refractivity contribution in [2.45, 2.75) is 26.7 Å². The van der Waals surface area contributed by atoms with Crippen LogP contribution >= 0.6 is 0 Å². The number of nitrogens with zero attached hydrogens (tertiary/aromatic N) is 3. The fraction of sp³-hybridized carbons (Fsp3) is 0.800. The molecule has 0 spiro atoms. The monoisotopic (exact) mass is 312 g/mol. The molecule has 1 N–H and O–H groups in total. The smallest absolute Gasteiger partial charge is 0.319 e. The third-order valence-corrected chi connectivity index (χ3v) is 3.83. The van der Waals surface area contributed by atoms with Crippen LogP contribution in [0.25, 0.3) is 0 Å². The second kappa shape index (κ2) is 8.60. The van der Waals surface area contributed by atoms with Crippen LogP contribution in [-0.4, -0.2) is 79.4 Å². The van der Waals surface area contributed by atoms with Crippen LogP contribution in [0.4, 0.5) is 4.79 Å². The number of piperidine rings is 1. The SMILES string of the molecule is CCNC(=O)CN(CC)C(=O)[C@@H]1CCCN(C(=O)N(C)C)C1. The second-order valence-electron chi connectivity index (χ2n) is 5.77. The van der Waals surface area contributed by atoms with Crippen molar-refractivity contribution in [3.8, 4) is 0 Å². The van der Waals surface area contributed by atoms with E-state index in [0.29, 0.717) is 26.2 Å². The summed E-state index contributed by atoms with van der Waals surface area (Å²) in [6.07, 6.45) is 1.58. The lowest BCUT2D eigenvalue weighted by Gasteiger charge is -2.35. The van der Waals surface area contributed by atoms with Gasteiger partial charge in [0.2, 0.25) is 11.8 Å². The summed E-state index contributed by atoms with van der Waals surface area (Å²) >= 11 is 0. The highest BCUT2D eigenvalue weighted by atomic mass is 16.2. The molecule has 0 aliphatic carbocycles. The minimum Gasteiger partial charge on any atom is -0.355 e. The predicted octanol–water partition coefficient (Wildman–Crippen LogP) is 0.365. The number of amides is 4. The van der Waals surface area contributed by atoms with Gasteiger partial charge in [0, 0.05) is 40.3 Å². The van der Waals surface area contributed by atoms with Crippen LogP contribution < -0.4 is 5.32 Å². The fourth-order valence-electron chi connectivity index (χ4n) is 2.67. The molecular formula is C15H28N4O3. The Morgan fingerprint density at radius 3 is 2.45 bits per heavy atom. The number of hydrogen-bond donors (Lipinski definition) is 1. The molecule has 0 saturated carbocycles. The van der Waals surface area contributed by atoms with Crippen molar-refractivity contribution in [2.24, 2.45) is 5.92 Å². The average molecular weight is 312 g/mol. The van der Waals surface area contributed by atoms with Crippen LogP contribution in [0.5, 0.6) is 0 Å². The van der Waals surface area contributed by atoms with Gasteiger partial charge in [-0.05, 0) is 26.7 Å². The van der Waals surface area contributed by atoms with Crippen molar-refractivity contribution in [3.63, 3.8) is 0 Å². The Morgan fingerprint density at radius 2 is 1.91 bits per heavy atom. The van der Waals surface area contributed by atoms with E-state index < -0.39 is 0 Å². The number of likely N-dealkylation sites (N-methyl/N-ethyl adjacent to an activating group) is 2. The number of urea groups is 1. The Morgan fingerprint density at radius 1 is 1.23 bits per heavy atom. The number of carbonyl (C=O) groups excluding carboxylic acids is 3. The predicted molar refractivity (Wildman–Crippen MR) is 84.3 cm³/mol. The number of hydrogen-bond acceptors (Lipinski definition) is 3. The molecule has 0 aromatic rings. The molecule has 1 aliphatic heterocycles. The lowest BCUT2D eigenvalue weighted by atomic mass is 9.96. The molecule has 0 bridgehead atoms. The first-order valence-electron chi connectivity index (χ1n) is 7.92. The highest BCUT2D eigenvalue weighted by Gasteiger charge is 2.31. The van der Waals surface area contributed by atoms with Gasteiger partial charge >= 0.3 is 6.03 Å². The second-order valence-corrected chi connectivity index (χ2v) is 5.77. The third-order valence-electron chi connectivity index (χ3n) is 3.83. The first-order chi connectivity index (χ1) is 10.4. The summed E-state index contributed by atoms with van der Waals surface area (Å²) in [7, 11) is 3.42. The molecule has 22 heavy (non-hydrogen) atoms. The Labute approximate surface area is 132 Å². The van der Waals surface area contributed by atoms with Crippen LogP contribution in [0.1, 0.15) is 26.7 Å². The summed E-state index contributed by atoms with van der Waals surface area (Å²) in [6, 6.07) is -0.0655. The van der Waals surface area contributed by atoms with Gasteiger partial charge in [-0.25, -0.2) is 4.79 Å². The van der Waals surface area contributed by atoms with Crippen LogP contribution in [0.3, 0.4) is 0 Å². The van der Waals surface area contributed by atoms with E-state index in [-0.39, 0.29) is 30.3 Å². The molecule has 1 saturated heterocycles. The van der Waals surface area contributed by atoms with Crippen molar-refractivity contribution < 1.29 is 14.4 Å². The molecule has 1 heterocycles. The number of carbonyl (C=O) groups is 3. The van der Waals surface area contributed by atoms with Gasteiger partial charge in [-0.15, -0.1) is 0 Å². The maximum Gasteiger partial charge on any atom is 0.319 e. The van der Waals surface area contributed by atoms with Crippen molar-refractivity contribution in [2.75, 3.05) is 46.8 Å². The summed E-state index contributed by atoms with van der Waals surface area (Å²) in [5.74, 6) is -0.397.